The van der Waals surface area contributed by atoms with Crippen LogP contribution in [-0.2, 0) is 4.79 Å². The number of piperidine rings is 1. The highest BCUT2D eigenvalue weighted by Crippen LogP contribution is 2.31. The quantitative estimate of drug-likeness (QED) is 0.509. The van der Waals surface area contributed by atoms with Crippen molar-refractivity contribution >= 4 is 33.2 Å². The van der Waals surface area contributed by atoms with E-state index in [4.69, 9.17) is 0 Å². The molecule has 1 aliphatic rings. The molecule has 1 fully saturated rings. The topological polar surface area (TPSA) is 75.5 Å². The second-order valence-electron chi connectivity index (χ2n) is 7.03. The Hall–Kier alpha value is -2.41. The van der Waals surface area contributed by atoms with Crippen LogP contribution in [0.1, 0.15) is 37.8 Å². The van der Waals surface area contributed by atoms with Crippen LogP contribution in [0.15, 0.2) is 53.0 Å². The van der Waals surface area contributed by atoms with Crippen molar-refractivity contribution in [2.45, 2.75) is 32.2 Å². The van der Waals surface area contributed by atoms with Crippen LogP contribution < -0.4 is 10.2 Å². The van der Waals surface area contributed by atoms with Crippen LogP contribution in [0.25, 0.3) is 0 Å². The molecule has 1 aliphatic heterocycles. The van der Waals surface area contributed by atoms with Crippen LogP contribution in [0.3, 0.4) is 0 Å². The molecule has 6 nitrogen and oxygen atoms in total. The number of halogens is 1. The molecule has 7 heteroatoms. The first-order chi connectivity index (χ1) is 13.5. The number of nitro benzene ring substituents is 1. The zero-order valence-electron chi connectivity index (χ0n) is 15.8. The highest BCUT2D eigenvalue weighted by Gasteiger charge is 2.29. The minimum atomic E-state index is -0.349. The molecule has 0 spiro atoms. The number of benzene rings is 2. The van der Waals surface area contributed by atoms with Crippen molar-refractivity contribution in [3.05, 3.63) is 68.7 Å². The molecule has 2 aromatic carbocycles. The van der Waals surface area contributed by atoms with E-state index in [0.717, 1.165) is 16.5 Å². The van der Waals surface area contributed by atoms with Gasteiger partial charge in [0.25, 0.3) is 5.69 Å². The third-order valence-corrected chi connectivity index (χ3v) is 5.81. The average molecular weight is 446 g/mol. The SMILES string of the molecule is CCC(NC(=O)C1CCN(c2ccccc2[N+](=O)[O-])CC1)c1ccc(Br)cc1. The zero-order valence-corrected chi connectivity index (χ0v) is 17.4. The van der Waals surface area contributed by atoms with E-state index in [1.165, 1.54) is 6.07 Å². The van der Waals surface area contributed by atoms with Gasteiger partial charge >= 0.3 is 0 Å². The molecular formula is C21H24BrN3O3. The van der Waals surface area contributed by atoms with E-state index < -0.39 is 0 Å². The van der Waals surface area contributed by atoms with Gasteiger partial charge in [-0.15, -0.1) is 0 Å². The minimum absolute atomic E-state index is 0.00570. The van der Waals surface area contributed by atoms with Gasteiger partial charge in [-0.2, -0.15) is 0 Å². The molecule has 1 saturated heterocycles. The van der Waals surface area contributed by atoms with Crippen molar-refractivity contribution in [2.24, 2.45) is 5.92 Å². The monoisotopic (exact) mass is 445 g/mol. The number of nitrogens with one attached hydrogen (secondary N) is 1. The molecule has 0 saturated carbocycles. The van der Waals surface area contributed by atoms with Crippen molar-refractivity contribution in [3.63, 3.8) is 0 Å². The number of hydrogen-bond donors (Lipinski definition) is 1. The van der Waals surface area contributed by atoms with Gasteiger partial charge in [0.05, 0.1) is 11.0 Å². The Bertz CT molecular complexity index is 833. The van der Waals surface area contributed by atoms with E-state index in [-0.39, 0.29) is 28.5 Å². The summed E-state index contributed by atoms with van der Waals surface area (Å²) >= 11 is 3.43. The molecule has 1 N–H and O–H groups in total. The summed E-state index contributed by atoms with van der Waals surface area (Å²) in [4.78, 5) is 25.7. The molecule has 148 valence electrons. The standard InChI is InChI=1S/C21H24BrN3O3/c1-2-18(15-7-9-17(22)10-8-15)23-21(26)16-11-13-24(14-12-16)19-5-3-4-6-20(19)25(27)28/h3-10,16,18H,2,11-14H2,1H3,(H,23,26). The summed E-state index contributed by atoms with van der Waals surface area (Å²) < 4.78 is 1.01. The molecule has 1 atom stereocenters. The Morgan fingerprint density at radius 3 is 2.46 bits per heavy atom. The number of nitro groups is 1. The fraction of sp³-hybridized carbons (Fsp3) is 0.381. The van der Waals surface area contributed by atoms with Crippen LogP contribution >= 0.6 is 15.9 Å². The first kappa shape index (κ1) is 20.3. The van der Waals surface area contributed by atoms with Crippen LogP contribution in [-0.4, -0.2) is 23.9 Å². The summed E-state index contributed by atoms with van der Waals surface area (Å²) in [6, 6.07) is 14.8. The molecule has 1 unspecified atom stereocenters. The number of rotatable bonds is 6. The summed E-state index contributed by atoms with van der Waals surface area (Å²) in [5.41, 5.74) is 1.84. The fourth-order valence-corrected chi connectivity index (χ4v) is 3.94. The summed E-state index contributed by atoms with van der Waals surface area (Å²) in [6.07, 6.45) is 2.20. The van der Waals surface area contributed by atoms with Gasteiger partial charge in [0.2, 0.25) is 5.91 Å². The number of nitrogens with zero attached hydrogens (tertiary/aromatic N) is 2. The minimum Gasteiger partial charge on any atom is -0.366 e. The molecule has 0 aliphatic carbocycles. The van der Waals surface area contributed by atoms with Crippen molar-refractivity contribution in [3.8, 4) is 0 Å². The maximum atomic E-state index is 12.8. The molecule has 28 heavy (non-hydrogen) atoms. The van der Waals surface area contributed by atoms with Crippen molar-refractivity contribution in [1.82, 2.24) is 5.32 Å². The maximum absolute atomic E-state index is 12.8. The predicted octanol–water partition coefficient (Wildman–Crippen LogP) is 4.84. The summed E-state index contributed by atoms with van der Waals surface area (Å²) in [5.74, 6) is 0.000460. The lowest BCUT2D eigenvalue weighted by Crippen LogP contribution is -2.41. The number of carbonyl (C=O) groups excluding carboxylic acids is 1. The Balaban J connectivity index is 1.61. The summed E-state index contributed by atoms with van der Waals surface area (Å²) in [6.45, 7) is 3.33. The van der Waals surface area contributed by atoms with Crippen molar-refractivity contribution in [1.29, 1.82) is 0 Å². The van der Waals surface area contributed by atoms with Gasteiger partial charge in [-0.25, -0.2) is 0 Å². The van der Waals surface area contributed by atoms with Gasteiger partial charge in [-0.3, -0.25) is 14.9 Å². The molecular weight excluding hydrogens is 422 g/mol. The molecule has 3 rings (SSSR count). The first-order valence-corrected chi connectivity index (χ1v) is 10.3. The van der Waals surface area contributed by atoms with Crippen LogP contribution in [0.4, 0.5) is 11.4 Å². The maximum Gasteiger partial charge on any atom is 0.292 e. The van der Waals surface area contributed by atoms with Crippen molar-refractivity contribution in [2.75, 3.05) is 18.0 Å². The van der Waals surface area contributed by atoms with Gasteiger partial charge in [0, 0.05) is 29.5 Å². The fourth-order valence-electron chi connectivity index (χ4n) is 3.67. The largest absolute Gasteiger partial charge is 0.366 e. The second-order valence-corrected chi connectivity index (χ2v) is 7.94. The third-order valence-electron chi connectivity index (χ3n) is 5.28. The molecule has 1 heterocycles. The third kappa shape index (κ3) is 4.70. The van der Waals surface area contributed by atoms with Crippen LogP contribution in [0.5, 0.6) is 0 Å². The lowest BCUT2D eigenvalue weighted by molar-refractivity contribution is -0.384. The summed E-state index contributed by atoms with van der Waals surface area (Å²) in [5, 5.41) is 14.4. The van der Waals surface area contributed by atoms with E-state index in [9.17, 15) is 14.9 Å². The molecule has 0 aromatic heterocycles. The molecule has 2 aromatic rings. The first-order valence-electron chi connectivity index (χ1n) is 9.53. The highest BCUT2D eigenvalue weighted by atomic mass is 79.9. The second kappa shape index (κ2) is 9.19. The molecule has 0 bridgehead atoms. The Kier molecular flexibility index (Phi) is 6.67. The van der Waals surface area contributed by atoms with E-state index in [1.54, 1.807) is 12.1 Å². The summed E-state index contributed by atoms with van der Waals surface area (Å²) in [7, 11) is 0. The van der Waals surface area contributed by atoms with Crippen LogP contribution in [0.2, 0.25) is 0 Å². The van der Waals surface area contributed by atoms with E-state index in [1.807, 2.05) is 35.2 Å². The smallest absolute Gasteiger partial charge is 0.292 e. The van der Waals surface area contributed by atoms with Crippen molar-refractivity contribution < 1.29 is 9.72 Å². The van der Waals surface area contributed by atoms with E-state index in [2.05, 4.69) is 28.2 Å². The number of carbonyl (C=O) groups is 1. The van der Waals surface area contributed by atoms with Gasteiger partial charge < -0.3 is 10.2 Å². The number of anilines is 1. The van der Waals surface area contributed by atoms with Gasteiger partial charge in [-0.1, -0.05) is 47.1 Å². The Morgan fingerprint density at radius 2 is 1.86 bits per heavy atom. The normalized spacial score (nSPS) is 15.9. The van der Waals surface area contributed by atoms with E-state index >= 15 is 0 Å². The Morgan fingerprint density at radius 1 is 1.21 bits per heavy atom. The number of amides is 1. The lowest BCUT2D eigenvalue weighted by atomic mass is 9.94. The zero-order chi connectivity index (χ0) is 20.1. The molecule has 1 amide bonds. The number of hydrogen-bond acceptors (Lipinski definition) is 4. The Labute approximate surface area is 173 Å². The van der Waals surface area contributed by atoms with E-state index in [0.29, 0.717) is 31.6 Å². The van der Waals surface area contributed by atoms with Crippen LogP contribution in [0, 0.1) is 16.0 Å². The lowest BCUT2D eigenvalue weighted by Gasteiger charge is -2.33. The highest BCUT2D eigenvalue weighted by molar-refractivity contribution is 9.10. The van der Waals surface area contributed by atoms with Gasteiger partial charge in [0.1, 0.15) is 5.69 Å². The average Bonchev–Trinajstić information content (AvgIpc) is 2.72. The number of para-hydroxylation sites is 2. The predicted molar refractivity (Wildman–Crippen MR) is 113 cm³/mol. The van der Waals surface area contributed by atoms with Gasteiger partial charge in [-0.05, 0) is 43.0 Å². The molecule has 0 radical (unpaired) electrons. The van der Waals surface area contributed by atoms with Gasteiger partial charge in [0.15, 0.2) is 0 Å².